The Hall–Kier alpha value is -2.32. The van der Waals surface area contributed by atoms with Gasteiger partial charge < -0.3 is 15.1 Å². The van der Waals surface area contributed by atoms with E-state index in [2.05, 4.69) is 16.7 Å². The first-order valence-corrected chi connectivity index (χ1v) is 7.20. The Morgan fingerprint density at radius 1 is 1.43 bits per heavy atom. The molecule has 0 spiro atoms. The van der Waals surface area contributed by atoms with Gasteiger partial charge in [0.15, 0.2) is 0 Å². The van der Waals surface area contributed by atoms with Crippen molar-refractivity contribution >= 4 is 16.9 Å². The van der Waals surface area contributed by atoms with E-state index < -0.39 is 0 Å². The van der Waals surface area contributed by atoms with Crippen molar-refractivity contribution in [2.75, 3.05) is 6.54 Å². The minimum absolute atomic E-state index is 0.0699. The van der Waals surface area contributed by atoms with Crippen LogP contribution in [0, 0.1) is 17.2 Å². The maximum Gasteiger partial charge on any atom is 0.251 e. The number of nitrogens with one attached hydrogen (secondary N) is 2. The van der Waals surface area contributed by atoms with Gasteiger partial charge in [0.2, 0.25) is 0 Å². The fourth-order valence-corrected chi connectivity index (χ4v) is 3.52. The average Bonchev–Trinajstić information content (AvgIpc) is 3.21. The number of fused-ring (bicyclic) bond motifs is 3. The van der Waals surface area contributed by atoms with Gasteiger partial charge in [0.05, 0.1) is 5.56 Å². The summed E-state index contributed by atoms with van der Waals surface area (Å²) in [5, 5.41) is 16.3. The fourth-order valence-electron chi connectivity index (χ4n) is 3.52. The van der Waals surface area contributed by atoms with E-state index >= 15 is 0 Å². The highest BCUT2D eigenvalue weighted by Crippen LogP contribution is 2.31. The molecule has 2 bridgehead atoms. The van der Waals surface area contributed by atoms with Gasteiger partial charge in [-0.1, -0.05) is 0 Å². The van der Waals surface area contributed by atoms with E-state index in [0.29, 0.717) is 34.1 Å². The van der Waals surface area contributed by atoms with Crippen LogP contribution in [0.3, 0.4) is 0 Å². The Kier molecular flexibility index (Phi) is 2.72. The third-order valence-corrected chi connectivity index (χ3v) is 4.64. The minimum Gasteiger partial charge on any atom is -0.463 e. The molecule has 1 saturated heterocycles. The number of rotatable bonds is 2. The first kappa shape index (κ1) is 12.4. The molecule has 4 rings (SSSR count). The molecule has 0 radical (unpaired) electrons. The molecule has 5 nitrogen and oxygen atoms in total. The summed E-state index contributed by atoms with van der Waals surface area (Å²) in [5.74, 6) is 0.478. The van der Waals surface area contributed by atoms with Crippen molar-refractivity contribution in [2.24, 2.45) is 5.92 Å². The molecule has 1 amide bonds. The molecule has 3 unspecified atom stereocenters. The molecule has 1 aliphatic carbocycles. The summed E-state index contributed by atoms with van der Waals surface area (Å²) in [6, 6.07) is 8.12. The third kappa shape index (κ3) is 1.99. The number of hydrogen-bond acceptors (Lipinski definition) is 4. The van der Waals surface area contributed by atoms with Crippen LogP contribution < -0.4 is 10.6 Å². The predicted molar refractivity (Wildman–Crippen MR) is 76.7 cm³/mol. The first-order valence-electron chi connectivity index (χ1n) is 7.20. The van der Waals surface area contributed by atoms with E-state index in [1.54, 1.807) is 18.2 Å². The first-order chi connectivity index (χ1) is 10.2. The van der Waals surface area contributed by atoms with Gasteiger partial charge >= 0.3 is 0 Å². The van der Waals surface area contributed by atoms with Crippen molar-refractivity contribution in [1.29, 1.82) is 5.26 Å². The van der Waals surface area contributed by atoms with Crippen LogP contribution in [0.15, 0.2) is 28.9 Å². The number of carbonyl (C=O) groups excluding carboxylic acids is 1. The highest BCUT2D eigenvalue weighted by molar-refractivity contribution is 5.99. The summed E-state index contributed by atoms with van der Waals surface area (Å²) < 4.78 is 5.29. The van der Waals surface area contributed by atoms with Crippen LogP contribution in [0.4, 0.5) is 0 Å². The molecule has 2 fully saturated rings. The number of amides is 1. The summed E-state index contributed by atoms with van der Waals surface area (Å²) in [7, 11) is 0. The van der Waals surface area contributed by atoms with Crippen LogP contribution >= 0.6 is 0 Å². The van der Waals surface area contributed by atoms with Crippen LogP contribution in [0.5, 0.6) is 0 Å². The van der Waals surface area contributed by atoms with Gasteiger partial charge in [0.1, 0.15) is 17.9 Å². The van der Waals surface area contributed by atoms with Crippen molar-refractivity contribution in [2.45, 2.75) is 24.9 Å². The number of benzene rings is 1. The molecule has 1 aromatic heterocycles. The monoisotopic (exact) mass is 281 g/mol. The Morgan fingerprint density at radius 3 is 3.05 bits per heavy atom. The second-order valence-electron chi connectivity index (χ2n) is 5.89. The predicted octanol–water partition coefficient (Wildman–Crippen LogP) is 1.78. The second kappa shape index (κ2) is 4.61. The topological polar surface area (TPSA) is 78.1 Å². The Morgan fingerprint density at radius 2 is 2.33 bits per heavy atom. The third-order valence-electron chi connectivity index (χ3n) is 4.64. The number of nitrogens with zero attached hydrogens (tertiary/aromatic N) is 1. The van der Waals surface area contributed by atoms with E-state index in [-0.39, 0.29) is 11.9 Å². The fraction of sp³-hybridized carbons (Fsp3) is 0.375. The lowest BCUT2D eigenvalue weighted by Crippen LogP contribution is -2.44. The minimum atomic E-state index is -0.0699. The van der Waals surface area contributed by atoms with Crippen molar-refractivity contribution in [3.63, 3.8) is 0 Å². The molecule has 1 saturated carbocycles. The maximum atomic E-state index is 12.4. The maximum absolute atomic E-state index is 12.4. The van der Waals surface area contributed by atoms with E-state index in [1.807, 2.05) is 0 Å². The Balaban J connectivity index is 1.58. The molecule has 106 valence electrons. The zero-order chi connectivity index (χ0) is 14.4. The molecule has 21 heavy (non-hydrogen) atoms. The summed E-state index contributed by atoms with van der Waals surface area (Å²) >= 11 is 0. The van der Waals surface area contributed by atoms with Crippen LogP contribution in [0.1, 0.15) is 28.8 Å². The molecule has 2 aliphatic rings. The summed E-state index contributed by atoms with van der Waals surface area (Å²) in [6.07, 6.45) is 3.59. The largest absolute Gasteiger partial charge is 0.463 e. The molecule has 2 N–H and O–H groups in total. The molecule has 2 heterocycles. The molecular weight excluding hydrogens is 266 g/mol. The molecule has 5 heteroatoms. The molecule has 3 atom stereocenters. The molecule has 2 aromatic rings. The second-order valence-corrected chi connectivity index (χ2v) is 5.89. The van der Waals surface area contributed by atoms with Crippen LogP contribution in [0.2, 0.25) is 0 Å². The van der Waals surface area contributed by atoms with Crippen molar-refractivity contribution in [1.82, 2.24) is 10.6 Å². The van der Waals surface area contributed by atoms with Gasteiger partial charge in [0, 0.05) is 29.6 Å². The summed E-state index contributed by atoms with van der Waals surface area (Å²) in [4.78, 5) is 12.4. The van der Waals surface area contributed by atoms with E-state index in [1.165, 1.54) is 6.26 Å². The lowest BCUT2D eigenvalue weighted by Gasteiger charge is -2.23. The highest BCUT2D eigenvalue weighted by Gasteiger charge is 2.40. The van der Waals surface area contributed by atoms with Gasteiger partial charge in [-0.25, -0.2) is 0 Å². The number of furan rings is 1. The average molecular weight is 281 g/mol. The summed E-state index contributed by atoms with van der Waals surface area (Å²) in [6.45, 7) is 0.995. The highest BCUT2D eigenvalue weighted by atomic mass is 16.3. The summed E-state index contributed by atoms with van der Waals surface area (Å²) in [5.41, 5.74) is 1.67. The molecule has 1 aromatic carbocycles. The Labute approximate surface area is 121 Å². The van der Waals surface area contributed by atoms with Gasteiger partial charge in [-0.3, -0.25) is 4.79 Å². The van der Waals surface area contributed by atoms with Gasteiger partial charge in [-0.05, 0) is 37.0 Å². The van der Waals surface area contributed by atoms with Crippen molar-refractivity contribution < 1.29 is 9.21 Å². The van der Waals surface area contributed by atoms with Crippen LogP contribution in [0.25, 0.3) is 11.0 Å². The smallest absolute Gasteiger partial charge is 0.251 e. The number of carbonyl (C=O) groups is 1. The lowest BCUT2D eigenvalue weighted by atomic mass is 10.0. The van der Waals surface area contributed by atoms with Crippen LogP contribution in [-0.4, -0.2) is 24.5 Å². The molecule has 1 aliphatic heterocycles. The number of piperidine rings is 1. The Bertz CT molecular complexity index is 758. The van der Waals surface area contributed by atoms with E-state index in [0.717, 1.165) is 19.4 Å². The normalized spacial score (nSPS) is 26.9. The molecular formula is C16H15N3O2. The van der Waals surface area contributed by atoms with E-state index in [9.17, 15) is 4.79 Å². The van der Waals surface area contributed by atoms with Gasteiger partial charge in [-0.2, -0.15) is 5.26 Å². The SMILES string of the molecule is N#Cc1coc2ccc(C(=O)NC3CC4CC3CN4)cc12. The van der Waals surface area contributed by atoms with Crippen molar-refractivity contribution in [3.05, 3.63) is 35.6 Å². The van der Waals surface area contributed by atoms with Gasteiger partial charge in [-0.15, -0.1) is 0 Å². The lowest BCUT2D eigenvalue weighted by molar-refractivity contribution is 0.0925. The van der Waals surface area contributed by atoms with Crippen molar-refractivity contribution in [3.8, 4) is 6.07 Å². The van der Waals surface area contributed by atoms with Crippen LogP contribution in [-0.2, 0) is 0 Å². The quantitative estimate of drug-likeness (QED) is 0.879. The van der Waals surface area contributed by atoms with E-state index in [4.69, 9.17) is 9.68 Å². The zero-order valence-electron chi connectivity index (χ0n) is 11.4. The zero-order valence-corrected chi connectivity index (χ0v) is 11.4. The number of hydrogen-bond donors (Lipinski definition) is 2. The van der Waals surface area contributed by atoms with Gasteiger partial charge in [0.25, 0.3) is 5.91 Å². The standard InChI is InChI=1S/C16H15N3O2/c17-6-11-8-21-15-2-1-9(4-13(11)15)16(20)19-14-5-12-3-10(14)7-18-12/h1-2,4,8,10,12,14,18H,3,5,7H2,(H,19,20). The number of nitriles is 1.